The van der Waals surface area contributed by atoms with Gasteiger partial charge in [0, 0.05) is 17.0 Å². The number of fused-ring (bicyclic) bond motifs is 1. The summed E-state index contributed by atoms with van der Waals surface area (Å²) in [5.74, 6) is -0.801. The molecule has 2 aliphatic heterocycles. The van der Waals surface area contributed by atoms with E-state index < -0.39 is 6.04 Å². The molecule has 1 aromatic rings. The number of imide groups is 1. The topological polar surface area (TPSA) is 66.5 Å². The third-order valence-electron chi connectivity index (χ3n) is 3.54. The molecule has 1 N–H and O–H groups in total. The SMILES string of the molecule is C=C1CC(N2C(=O)c3cc(C(C)C)sc3C2=O)C(=O)N1. The summed E-state index contributed by atoms with van der Waals surface area (Å²) in [6, 6.07) is 1.01. The second-order valence-corrected chi connectivity index (χ2v) is 6.42. The maximum atomic E-state index is 12.4. The normalized spacial score (nSPS) is 21.9. The van der Waals surface area contributed by atoms with Crippen LogP contribution in [0.5, 0.6) is 0 Å². The number of carbonyl (C=O) groups is 3. The first kappa shape index (κ1) is 13.1. The van der Waals surface area contributed by atoms with E-state index in [9.17, 15) is 14.4 Å². The van der Waals surface area contributed by atoms with Crippen molar-refractivity contribution in [2.45, 2.75) is 32.2 Å². The second kappa shape index (κ2) is 4.28. The van der Waals surface area contributed by atoms with Gasteiger partial charge in [-0.2, -0.15) is 0 Å². The molecule has 1 atom stereocenters. The number of carbonyl (C=O) groups excluding carboxylic acids is 3. The maximum Gasteiger partial charge on any atom is 0.272 e. The number of hydrogen-bond acceptors (Lipinski definition) is 4. The van der Waals surface area contributed by atoms with Gasteiger partial charge in [-0.1, -0.05) is 20.4 Å². The third-order valence-corrected chi connectivity index (χ3v) is 4.96. The highest BCUT2D eigenvalue weighted by atomic mass is 32.1. The van der Waals surface area contributed by atoms with Crippen LogP contribution in [0, 0.1) is 0 Å². The van der Waals surface area contributed by atoms with Crippen molar-refractivity contribution < 1.29 is 14.4 Å². The van der Waals surface area contributed by atoms with Crippen molar-refractivity contribution in [1.82, 2.24) is 10.2 Å². The van der Waals surface area contributed by atoms with Crippen molar-refractivity contribution in [2.24, 2.45) is 0 Å². The van der Waals surface area contributed by atoms with E-state index in [-0.39, 0.29) is 23.6 Å². The van der Waals surface area contributed by atoms with Crippen molar-refractivity contribution in [1.29, 1.82) is 0 Å². The molecule has 6 heteroatoms. The number of amides is 3. The molecule has 0 spiro atoms. The van der Waals surface area contributed by atoms with Gasteiger partial charge in [-0.3, -0.25) is 19.3 Å². The molecule has 0 aromatic carbocycles. The molecule has 0 saturated carbocycles. The van der Waals surface area contributed by atoms with Gasteiger partial charge >= 0.3 is 0 Å². The fourth-order valence-electron chi connectivity index (χ4n) is 2.47. The van der Waals surface area contributed by atoms with Crippen molar-refractivity contribution in [3.8, 4) is 0 Å². The molecule has 1 aromatic heterocycles. The highest BCUT2D eigenvalue weighted by molar-refractivity contribution is 7.14. The van der Waals surface area contributed by atoms with E-state index in [0.717, 1.165) is 9.78 Å². The first-order valence-corrected chi connectivity index (χ1v) is 7.22. The summed E-state index contributed by atoms with van der Waals surface area (Å²) in [4.78, 5) is 39.1. The molecule has 20 heavy (non-hydrogen) atoms. The molecule has 3 rings (SSSR count). The lowest BCUT2D eigenvalue weighted by Crippen LogP contribution is -2.44. The van der Waals surface area contributed by atoms with Gasteiger partial charge in [-0.25, -0.2) is 0 Å². The Morgan fingerprint density at radius 1 is 1.35 bits per heavy atom. The predicted octanol–water partition coefficient (Wildman–Crippen LogP) is 1.87. The van der Waals surface area contributed by atoms with Crippen LogP contribution in [0.4, 0.5) is 0 Å². The van der Waals surface area contributed by atoms with Crippen LogP contribution in [0.3, 0.4) is 0 Å². The zero-order chi connectivity index (χ0) is 14.6. The summed E-state index contributed by atoms with van der Waals surface area (Å²) in [7, 11) is 0. The summed E-state index contributed by atoms with van der Waals surface area (Å²) in [6.45, 7) is 7.70. The summed E-state index contributed by atoms with van der Waals surface area (Å²) in [5, 5.41) is 2.56. The summed E-state index contributed by atoms with van der Waals surface area (Å²) < 4.78 is 0. The van der Waals surface area contributed by atoms with E-state index in [2.05, 4.69) is 11.9 Å². The molecule has 5 nitrogen and oxygen atoms in total. The average molecular weight is 290 g/mol. The minimum Gasteiger partial charge on any atom is -0.328 e. The van der Waals surface area contributed by atoms with Gasteiger partial charge in [-0.05, 0) is 12.0 Å². The number of thiophene rings is 1. The monoisotopic (exact) mass is 290 g/mol. The van der Waals surface area contributed by atoms with Gasteiger partial charge in [0.1, 0.15) is 10.9 Å². The third kappa shape index (κ3) is 1.71. The second-order valence-electron chi connectivity index (χ2n) is 5.34. The predicted molar refractivity (Wildman–Crippen MR) is 74.6 cm³/mol. The minimum absolute atomic E-state index is 0.272. The van der Waals surface area contributed by atoms with Crippen LogP contribution in [0.2, 0.25) is 0 Å². The van der Waals surface area contributed by atoms with Crippen molar-refractivity contribution >= 4 is 29.1 Å². The number of nitrogens with one attached hydrogen (secondary N) is 1. The first-order valence-electron chi connectivity index (χ1n) is 6.40. The molecule has 0 bridgehead atoms. The Balaban J connectivity index is 1.96. The highest BCUT2D eigenvalue weighted by Crippen LogP contribution is 2.36. The largest absolute Gasteiger partial charge is 0.328 e. The highest BCUT2D eigenvalue weighted by Gasteiger charge is 2.46. The Kier molecular flexibility index (Phi) is 2.79. The van der Waals surface area contributed by atoms with Gasteiger partial charge in [-0.15, -0.1) is 11.3 Å². The van der Waals surface area contributed by atoms with Crippen LogP contribution in [0.15, 0.2) is 18.3 Å². The first-order chi connectivity index (χ1) is 9.40. The summed E-state index contributed by atoms with van der Waals surface area (Å²) in [6.07, 6.45) is 0.294. The average Bonchev–Trinajstić information content (AvgIpc) is 2.98. The molecule has 3 amide bonds. The lowest BCUT2D eigenvalue weighted by Gasteiger charge is -2.19. The molecule has 104 valence electrons. The fraction of sp³-hybridized carbons (Fsp3) is 0.357. The van der Waals surface area contributed by atoms with Gasteiger partial charge in [0.2, 0.25) is 5.91 Å². The van der Waals surface area contributed by atoms with E-state index in [1.54, 1.807) is 6.07 Å². The van der Waals surface area contributed by atoms with Crippen molar-refractivity contribution in [3.05, 3.63) is 33.7 Å². The maximum absolute atomic E-state index is 12.4. The quantitative estimate of drug-likeness (QED) is 0.846. The number of rotatable bonds is 2. The Morgan fingerprint density at radius 3 is 2.55 bits per heavy atom. The van der Waals surface area contributed by atoms with Crippen LogP contribution in [-0.4, -0.2) is 28.7 Å². The number of hydrogen-bond donors (Lipinski definition) is 1. The van der Waals surface area contributed by atoms with E-state index in [4.69, 9.17) is 0 Å². The van der Waals surface area contributed by atoms with Crippen LogP contribution >= 0.6 is 11.3 Å². The zero-order valence-electron chi connectivity index (χ0n) is 11.2. The lowest BCUT2D eigenvalue weighted by atomic mass is 10.1. The van der Waals surface area contributed by atoms with Crippen LogP contribution in [0.1, 0.15) is 51.1 Å². The summed E-state index contributed by atoms with van der Waals surface area (Å²) in [5.41, 5.74) is 0.965. The Morgan fingerprint density at radius 2 is 2.05 bits per heavy atom. The van der Waals surface area contributed by atoms with Gasteiger partial charge < -0.3 is 5.32 Å². The fourth-order valence-corrected chi connectivity index (χ4v) is 3.56. The molecule has 1 fully saturated rings. The van der Waals surface area contributed by atoms with E-state index in [0.29, 0.717) is 22.6 Å². The molecular weight excluding hydrogens is 276 g/mol. The molecule has 0 radical (unpaired) electrons. The van der Waals surface area contributed by atoms with Crippen LogP contribution < -0.4 is 5.32 Å². The molecular formula is C14H14N2O3S. The van der Waals surface area contributed by atoms with Crippen molar-refractivity contribution in [3.63, 3.8) is 0 Å². The van der Waals surface area contributed by atoms with Gasteiger partial charge in [0.25, 0.3) is 11.8 Å². The smallest absolute Gasteiger partial charge is 0.272 e. The molecule has 1 saturated heterocycles. The summed E-state index contributed by atoms with van der Waals surface area (Å²) >= 11 is 1.34. The van der Waals surface area contributed by atoms with Gasteiger partial charge in [0.05, 0.1) is 5.56 Å². The van der Waals surface area contributed by atoms with E-state index in [1.165, 1.54) is 11.3 Å². The molecule has 1 unspecified atom stereocenters. The van der Waals surface area contributed by atoms with E-state index in [1.807, 2.05) is 13.8 Å². The van der Waals surface area contributed by atoms with Gasteiger partial charge in [0.15, 0.2) is 0 Å². The standard InChI is InChI=1S/C14H14N2O3S/c1-6(2)10-5-8-11(20-10)14(19)16(13(8)18)9-4-7(3)15-12(9)17/h5-6,9H,3-4H2,1-2H3,(H,15,17). The Bertz CT molecular complexity index is 626. The van der Waals surface area contributed by atoms with Crippen LogP contribution in [-0.2, 0) is 4.79 Å². The Labute approximate surface area is 120 Å². The molecule has 2 aliphatic rings. The lowest BCUT2D eigenvalue weighted by molar-refractivity contribution is -0.122. The molecule has 0 aliphatic carbocycles. The van der Waals surface area contributed by atoms with Crippen LogP contribution in [0.25, 0.3) is 0 Å². The van der Waals surface area contributed by atoms with Crippen molar-refractivity contribution in [2.75, 3.05) is 0 Å². The number of nitrogens with zero attached hydrogens (tertiary/aromatic N) is 1. The minimum atomic E-state index is -0.760. The van der Waals surface area contributed by atoms with E-state index >= 15 is 0 Å². The molecule has 3 heterocycles. The Hall–Kier alpha value is -1.95. The zero-order valence-corrected chi connectivity index (χ0v) is 12.0.